The normalized spacial score (nSPS) is 16.3. The van der Waals surface area contributed by atoms with Crippen molar-refractivity contribution in [1.82, 2.24) is 5.32 Å². The van der Waals surface area contributed by atoms with Crippen molar-refractivity contribution in [3.63, 3.8) is 0 Å². The van der Waals surface area contributed by atoms with Gasteiger partial charge in [0.25, 0.3) is 0 Å². The molecule has 124 valence electrons. The maximum atomic E-state index is 11.8. The highest BCUT2D eigenvalue weighted by Gasteiger charge is 2.15. The molecule has 0 bridgehead atoms. The summed E-state index contributed by atoms with van der Waals surface area (Å²) in [6.45, 7) is 2.03. The Balaban J connectivity index is 0.00000242. The van der Waals surface area contributed by atoms with E-state index in [4.69, 9.17) is 5.73 Å². The molecule has 0 amide bonds. The van der Waals surface area contributed by atoms with Gasteiger partial charge in [0.1, 0.15) is 0 Å². The summed E-state index contributed by atoms with van der Waals surface area (Å²) < 4.78 is 23.7. The number of benzene rings is 1. The van der Waals surface area contributed by atoms with Crippen molar-refractivity contribution < 1.29 is 8.42 Å². The fourth-order valence-electron chi connectivity index (χ4n) is 2.51. The first-order chi connectivity index (χ1) is 10.0. The SMILES string of the molecule is CCS(=O)(=O)c1cccc(CN=C(N)NC2CCCC2)c1.I. The summed E-state index contributed by atoms with van der Waals surface area (Å²) in [6, 6.07) is 7.33. The second-order valence-electron chi connectivity index (χ2n) is 5.38. The average Bonchev–Trinajstić information content (AvgIpc) is 2.98. The molecule has 2 rings (SSSR count). The zero-order valence-electron chi connectivity index (χ0n) is 12.8. The first-order valence-corrected chi connectivity index (χ1v) is 9.04. The van der Waals surface area contributed by atoms with E-state index >= 15 is 0 Å². The van der Waals surface area contributed by atoms with Gasteiger partial charge in [0.05, 0.1) is 17.2 Å². The molecule has 0 aromatic heterocycles. The van der Waals surface area contributed by atoms with E-state index in [2.05, 4.69) is 10.3 Å². The number of halogens is 1. The van der Waals surface area contributed by atoms with Crippen LogP contribution in [0.4, 0.5) is 0 Å². The van der Waals surface area contributed by atoms with E-state index in [1.807, 2.05) is 6.07 Å². The van der Waals surface area contributed by atoms with Crippen LogP contribution in [0.15, 0.2) is 34.2 Å². The Morgan fingerprint density at radius 2 is 2.05 bits per heavy atom. The molecule has 0 spiro atoms. The van der Waals surface area contributed by atoms with Crippen LogP contribution >= 0.6 is 24.0 Å². The first kappa shape index (κ1) is 19.2. The first-order valence-electron chi connectivity index (χ1n) is 7.39. The van der Waals surface area contributed by atoms with Gasteiger partial charge in [-0.25, -0.2) is 13.4 Å². The minimum absolute atomic E-state index is 0. The molecular weight excluding hydrogens is 413 g/mol. The second kappa shape index (κ2) is 8.71. The lowest BCUT2D eigenvalue weighted by Gasteiger charge is -2.12. The van der Waals surface area contributed by atoms with E-state index in [1.54, 1.807) is 25.1 Å². The van der Waals surface area contributed by atoms with Crippen LogP contribution in [0.2, 0.25) is 0 Å². The van der Waals surface area contributed by atoms with Gasteiger partial charge in [-0.1, -0.05) is 31.9 Å². The third-order valence-electron chi connectivity index (χ3n) is 3.78. The van der Waals surface area contributed by atoms with Crippen LogP contribution in [0.3, 0.4) is 0 Å². The number of aliphatic imine (C=N–C) groups is 1. The molecule has 0 saturated heterocycles. The van der Waals surface area contributed by atoms with Crippen LogP contribution in [-0.4, -0.2) is 26.2 Å². The number of nitrogens with zero attached hydrogens (tertiary/aromatic N) is 1. The molecule has 3 N–H and O–H groups in total. The predicted molar refractivity (Wildman–Crippen MR) is 100 cm³/mol. The molecule has 0 unspecified atom stereocenters. The molecule has 7 heteroatoms. The summed E-state index contributed by atoms with van der Waals surface area (Å²) in [5, 5.41) is 3.21. The van der Waals surface area contributed by atoms with Crippen molar-refractivity contribution in [3.8, 4) is 0 Å². The smallest absolute Gasteiger partial charge is 0.189 e. The Morgan fingerprint density at radius 1 is 1.36 bits per heavy atom. The van der Waals surface area contributed by atoms with Gasteiger partial charge in [-0.05, 0) is 30.5 Å². The Hall–Kier alpha value is -0.830. The molecule has 1 aromatic rings. The van der Waals surface area contributed by atoms with Gasteiger partial charge in [0.15, 0.2) is 15.8 Å². The van der Waals surface area contributed by atoms with Crippen LogP contribution in [0.5, 0.6) is 0 Å². The molecule has 0 heterocycles. The Morgan fingerprint density at radius 3 is 2.68 bits per heavy atom. The van der Waals surface area contributed by atoms with Crippen LogP contribution in [0.25, 0.3) is 0 Å². The Kier molecular flexibility index (Phi) is 7.61. The van der Waals surface area contributed by atoms with Crippen LogP contribution in [0.1, 0.15) is 38.2 Å². The summed E-state index contributed by atoms with van der Waals surface area (Å²) in [7, 11) is -3.17. The third-order valence-corrected chi connectivity index (χ3v) is 5.51. The number of hydrogen-bond donors (Lipinski definition) is 2. The maximum Gasteiger partial charge on any atom is 0.189 e. The summed E-state index contributed by atoms with van der Waals surface area (Å²) >= 11 is 0. The molecule has 1 fully saturated rings. The van der Waals surface area contributed by atoms with Crippen molar-refractivity contribution in [2.24, 2.45) is 10.7 Å². The van der Waals surface area contributed by atoms with Gasteiger partial charge in [0, 0.05) is 6.04 Å². The van der Waals surface area contributed by atoms with E-state index in [9.17, 15) is 8.42 Å². The lowest BCUT2D eigenvalue weighted by atomic mass is 10.2. The largest absolute Gasteiger partial charge is 0.370 e. The topological polar surface area (TPSA) is 84.5 Å². The Bertz CT molecular complexity index is 611. The van der Waals surface area contributed by atoms with Crippen molar-refractivity contribution in [3.05, 3.63) is 29.8 Å². The Labute approximate surface area is 149 Å². The van der Waals surface area contributed by atoms with Gasteiger partial charge >= 0.3 is 0 Å². The molecule has 0 radical (unpaired) electrons. The number of nitrogens with one attached hydrogen (secondary N) is 1. The highest BCUT2D eigenvalue weighted by Crippen LogP contribution is 2.17. The van der Waals surface area contributed by atoms with Gasteiger partial charge in [-0.3, -0.25) is 0 Å². The van der Waals surface area contributed by atoms with Gasteiger partial charge in [-0.15, -0.1) is 24.0 Å². The minimum Gasteiger partial charge on any atom is -0.370 e. The second-order valence-corrected chi connectivity index (χ2v) is 7.66. The molecule has 1 aliphatic carbocycles. The lowest BCUT2D eigenvalue weighted by Crippen LogP contribution is -2.38. The average molecular weight is 437 g/mol. The highest BCUT2D eigenvalue weighted by molar-refractivity contribution is 14.0. The molecule has 0 aliphatic heterocycles. The van der Waals surface area contributed by atoms with Crippen molar-refractivity contribution in [2.75, 3.05) is 5.75 Å². The number of sulfone groups is 1. The van der Waals surface area contributed by atoms with Crippen LogP contribution < -0.4 is 11.1 Å². The van der Waals surface area contributed by atoms with Crippen molar-refractivity contribution in [1.29, 1.82) is 0 Å². The molecule has 5 nitrogen and oxygen atoms in total. The fourth-order valence-corrected chi connectivity index (χ4v) is 3.46. The molecule has 1 aliphatic rings. The molecule has 1 aromatic carbocycles. The van der Waals surface area contributed by atoms with Crippen LogP contribution in [-0.2, 0) is 16.4 Å². The van der Waals surface area contributed by atoms with E-state index in [0.29, 0.717) is 23.4 Å². The van der Waals surface area contributed by atoms with Gasteiger partial charge in [-0.2, -0.15) is 0 Å². The monoisotopic (exact) mass is 437 g/mol. The summed E-state index contributed by atoms with van der Waals surface area (Å²) in [5.74, 6) is 0.538. The van der Waals surface area contributed by atoms with E-state index < -0.39 is 9.84 Å². The lowest BCUT2D eigenvalue weighted by molar-refractivity contribution is 0.597. The maximum absolute atomic E-state index is 11.8. The minimum atomic E-state index is -3.17. The number of rotatable bonds is 5. The zero-order chi connectivity index (χ0) is 15.3. The fraction of sp³-hybridized carbons (Fsp3) is 0.533. The summed E-state index contributed by atoms with van der Waals surface area (Å²) in [5.41, 5.74) is 6.72. The number of nitrogens with two attached hydrogens (primary N) is 1. The predicted octanol–water partition coefficient (Wildman–Crippen LogP) is 2.45. The van der Waals surface area contributed by atoms with Gasteiger partial charge < -0.3 is 11.1 Å². The summed E-state index contributed by atoms with van der Waals surface area (Å²) in [4.78, 5) is 4.64. The summed E-state index contributed by atoms with van der Waals surface area (Å²) in [6.07, 6.45) is 4.75. The number of guanidine groups is 1. The van der Waals surface area contributed by atoms with Crippen LogP contribution in [0, 0.1) is 0 Å². The number of hydrogen-bond acceptors (Lipinski definition) is 3. The molecular formula is C15H24IN3O2S. The third kappa shape index (κ3) is 5.42. The highest BCUT2D eigenvalue weighted by atomic mass is 127. The van der Waals surface area contributed by atoms with Gasteiger partial charge in [0.2, 0.25) is 0 Å². The standard InChI is InChI=1S/C15H23N3O2S.HI/c1-2-21(19,20)14-9-5-6-12(10-14)11-17-15(16)18-13-7-3-4-8-13;/h5-6,9-10,13H,2-4,7-8,11H2,1H3,(H3,16,17,18);1H. The van der Waals surface area contributed by atoms with Crippen molar-refractivity contribution >= 4 is 39.8 Å². The quantitative estimate of drug-likeness (QED) is 0.421. The van der Waals surface area contributed by atoms with E-state index in [-0.39, 0.29) is 29.7 Å². The van der Waals surface area contributed by atoms with Crippen molar-refractivity contribution in [2.45, 2.75) is 50.1 Å². The van der Waals surface area contributed by atoms with E-state index in [1.165, 1.54) is 12.8 Å². The molecule has 0 atom stereocenters. The van der Waals surface area contributed by atoms with E-state index in [0.717, 1.165) is 18.4 Å². The zero-order valence-corrected chi connectivity index (χ0v) is 15.9. The molecule has 22 heavy (non-hydrogen) atoms. The molecule has 1 saturated carbocycles.